The van der Waals surface area contributed by atoms with Crippen molar-refractivity contribution in [2.45, 2.75) is 36.6 Å². The van der Waals surface area contributed by atoms with Gasteiger partial charge >= 0.3 is 0 Å². The number of nitrogens with zero attached hydrogens (tertiary/aromatic N) is 4. The lowest BCUT2D eigenvalue weighted by Crippen LogP contribution is -2.38. The van der Waals surface area contributed by atoms with Crippen molar-refractivity contribution in [1.29, 1.82) is 0 Å². The number of nitrogens with two attached hydrogens (primary N) is 1. The Morgan fingerprint density at radius 1 is 1.17 bits per heavy atom. The number of hydrogen-bond acceptors (Lipinski definition) is 6. The molecule has 1 aromatic carbocycles. The largest absolute Gasteiger partial charge is 0.381 e. The molecule has 0 atom stereocenters. The molecule has 1 aromatic heterocycles. The summed E-state index contributed by atoms with van der Waals surface area (Å²) in [7, 11) is 0. The van der Waals surface area contributed by atoms with Crippen molar-refractivity contribution in [3.05, 3.63) is 29.3 Å². The Labute approximate surface area is 145 Å². The van der Waals surface area contributed by atoms with Crippen LogP contribution in [0, 0.1) is 5.41 Å². The van der Waals surface area contributed by atoms with Crippen LogP contribution in [0.5, 0.6) is 0 Å². The van der Waals surface area contributed by atoms with E-state index in [1.165, 1.54) is 11.8 Å². The van der Waals surface area contributed by atoms with Crippen LogP contribution < -0.4 is 10.6 Å². The highest BCUT2D eigenvalue weighted by atomic mass is 35.5. The minimum absolute atomic E-state index is 0.384. The van der Waals surface area contributed by atoms with Crippen LogP contribution in [-0.2, 0) is 0 Å². The average Bonchev–Trinajstić information content (AvgIpc) is 2.51. The first-order chi connectivity index (χ1) is 10.9. The molecule has 3 rings (SSSR count). The van der Waals surface area contributed by atoms with Crippen LogP contribution in [-0.4, -0.2) is 28.3 Å². The molecule has 0 amide bonds. The summed E-state index contributed by atoms with van der Waals surface area (Å²) >= 11 is 7.55. The van der Waals surface area contributed by atoms with Gasteiger partial charge in [0.2, 0.25) is 5.95 Å². The van der Waals surface area contributed by atoms with Crippen molar-refractivity contribution >= 4 is 35.1 Å². The summed E-state index contributed by atoms with van der Waals surface area (Å²) in [6.07, 6.45) is 2.23. The van der Waals surface area contributed by atoms with Crippen LogP contribution in [0.2, 0.25) is 5.02 Å². The Hall–Kier alpha value is -1.53. The Morgan fingerprint density at radius 3 is 2.52 bits per heavy atom. The van der Waals surface area contributed by atoms with Gasteiger partial charge in [0, 0.05) is 18.0 Å². The molecular weight excluding hydrogens is 330 g/mol. The fourth-order valence-electron chi connectivity index (χ4n) is 2.47. The fraction of sp³-hybridized carbons (Fsp3) is 0.438. The van der Waals surface area contributed by atoms with Crippen molar-refractivity contribution in [1.82, 2.24) is 15.2 Å². The normalized spacial score (nSPS) is 17.3. The molecular formula is C16H20ClN5S. The summed E-state index contributed by atoms with van der Waals surface area (Å²) in [4.78, 5) is 7.48. The van der Waals surface area contributed by atoms with Crippen LogP contribution in [0.1, 0.15) is 26.7 Å². The standard InChI is InChI=1S/C16H20ClN5S/c1-16(2)7-9-22(10-8-16)15-19-13(18)14(20-21-15)23-12-6-4-3-5-11(12)17/h3-6H,7-10H2,1-2H3,(H2,18,19,21). The van der Waals surface area contributed by atoms with Gasteiger partial charge < -0.3 is 10.6 Å². The molecule has 5 nitrogen and oxygen atoms in total. The predicted octanol–water partition coefficient (Wildman–Crippen LogP) is 3.88. The van der Waals surface area contributed by atoms with Crippen molar-refractivity contribution in [3.8, 4) is 0 Å². The minimum atomic E-state index is 0.384. The fourth-order valence-corrected chi connectivity index (χ4v) is 3.47. The van der Waals surface area contributed by atoms with E-state index in [9.17, 15) is 0 Å². The van der Waals surface area contributed by atoms with Crippen LogP contribution in [0.15, 0.2) is 34.2 Å². The minimum Gasteiger partial charge on any atom is -0.381 e. The Bertz CT molecular complexity index is 697. The number of halogens is 1. The molecule has 0 bridgehead atoms. The highest BCUT2D eigenvalue weighted by molar-refractivity contribution is 7.99. The zero-order valence-electron chi connectivity index (χ0n) is 13.3. The van der Waals surface area contributed by atoms with Crippen molar-refractivity contribution in [3.63, 3.8) is 0 Å². The molecule has 2 heterocycles. The quantitative estimate of drug-likeness (QED) is 0.906. The van der Waals surface area contributed by atoms with E-state index in [-0.39, 0.29) is 0 Å². The number of anilines is 2. The second-order valence-electron chi connectivity index (χ2n) is 6.49. The molecule has 0 unspecified atom stereocenters. The number of rotatable bonds is 3. The number of benzene rings is 1. The molecule has 0 aliphatic carbocycles. The summed E-state index contributed by atoms with van der Waals surface area (Å²) in [6.45, 7) is 6.46. The van der Waals surface area contributed by atoms with E-state index in [2.05, 4.69) is 33.9 Å². The van der Waals surface area contributed by atoms with Gasteiger partial charge in [0.05, 0.1) is 5.02 Å². The molecule has 23 heavy (non-hydrogen) atoms. The lowest BCUT2D eigenvalue weighted by atomic mass is 9.83. The van der Waals surface area contributed by atoms with Crippen molar-refractivity contribution in [2.75, 3.05) is 23.7 Å². The molecule has 7 heteroatoms. The van der Waals surface area contributed by atoms with E-state index >= 15 is 0 Å². The number of nitrogen functional groups attached to an aromatic ring is 1. The molecule has 2 N–H and O–H groups in total. The van der Waals surface area contributed by atoms with E-state index < -0.39 is 0 Å². The molecule has 1 saturated heterocycles. The van der Waals surface area contributed by atoms with Gasteiger partial charge in [0.15, 0.2) is 10.8 Å². The lowest BCUT2D eigenvalue weighted by molar-refractivity contribution is 0.278. The summed E-state index contributed by atoms with van der Waals surface area (Å²) in [6, 6.07) is 7.58. The van der Waals surface area contributed by atoms with Gasteiger partial charge in [0.25, 0.3) is 0 Å². The van der Waals surface area contributed by atoms with Crippen LogP contribution >= 0.6 is 23.4 Å². The third kappa shape index (κ3) is 3.87. The van der Waals surface area contributed by atoms with Gasteiger partial charge in [-0.3, -0.25) is 0 Å². The third-order valence-electron chi connectivity index (χ3n) is 4.11. The first kappa shape index (κ1) is 16.3. The van der Waals surface area contributed by atoms with Gasteiger partial charge in [-0.25, -0.2) is 0 Å². The zero-order valence-corrected chi connectivity index (χ0v) is 14.9. The third-order valence-corrected chi connectivity index (χ3v) is 5.61. The molecule has 1 fully saturated rings. The summed E-state index contributed by atoms with van der Waals surface area (Å²) in [5.41, 5.74) is 6.46. The Balaban J connectivity index is 1.75. The maximum atomic E-state index is 6.17. The van der Waals surface area contributed by atoms with Crippen LogP contribution in [0.3, 0.4) is 0 Å². The molecule has 0 radical (unpaired) electrons. The predicted molar refractivity (Wildman–Crippen MR) is 95.0 cm³/mol. The molecule has 0 spiro atoms. The molecule has 1 aliphatic heterocycles. The van der Waals surface area contributed by atoms with Crippen LogP contribution in [0.4, 0.5) is 11.8 Å². The van der Waals surface area contributed by atoms with Gasteiger partial charge in [0.1, 0.15) is 0 Å². The highest BCUT2D eigenvalue weighted by Gasteiger charge is 2.27. The molecule has 1 aliphatic rings. The maximum absolute atomic E-state index is 6.17. The van der Waals surface area contributed by atoms with E-state index in [0.29, 0.717) is 27.2 Å². The van der Waals surface area contributed by atoms with Crippen LogP contribution in [0.25, 0.3) is 0 Å². The van der Waals surface area contributed by atoms with Gasteiger partial charge in [-0.15, -0.1) is 10.2 Å². The number of aromatic nitrogens is 3. The molecule has 2 aromatic rings. The second kappa shape index (κ2) is 6.53. The number of piperidine rings is 1. The topological polar surface area (TPSA) is 67.9 Å². The van der Waals surface area contributed by atoms with Gasteiger partial charge in [-0.05, 0) is 30.4 Å². The second-order valence-corrected chi connectivity index (χ2v) is 7.92. The molecule has 122 valence electrons. The first-order valence-corrected chi connectivity index (χ1v) is 8.82. The summed E-state index contributed by atoms with van der Waals surface area (Å²) < 4.78 is 0. The van der Waals surface area contributed by atoms with E-state index in [1.54, 1.807) is 0 Å². The SMILES string of the molecule is CC1(C)CCN(c2nnc(Sc3ccccc3Cl)c(N)n2)CC1. The van der Waals surface area contributed by atoms with E-state index in [0.717, 1.165) is 30.8 Å². The molecule has 0 saturated carbocycles. The van der Waals surface area contributed by atoms with E-state index in [1.807, 2.05) is 24.3 Å². The number of hydrogen-bond donors (Lipinski definition) is 1. The Kier molecular flexibility index (Phi) is 4.64. The maximum Gasteiger partial charge on any atom is 0.247 e. The first-order valence-electron chi connectivity index (χ1n) is 7.62. The van der Waals surface area contributed by atoms with E-state index in [4.69, 9.17) is 17.3 Å². The average molecular weight is 350 g/mol. The van der Waals surface area contributed by atoms with Crippen molar-refractivity contribution < 1.29 is 0 Å². The smallest absolute Gasteiger partial charge is 0.247 e. The van der Waals surface area contributed by atoms with Gasteiger partial charge in [-0.1, -0.05) is 49.3 Å². The summed E-state index contributed by atoms with van der Waals surface area (Å²) in [5, 5.41) is 9.76. The lowest BCUT2D eigenvalue weighted by Gasteiger charge is -2.36. The van der Waals surface area contributed by atoms with Gasteiger partial charge in [-0.2, -0.15) is 4.98 Å². The zero-order chi connectivity index (χ0) is 16.4. The van der Waals surface area contributed by atoms with Crippen molar-refractivity contribution in [2.24, 2.45) is 5.41 Å². The highest BCUT2D eigenvalue weighted by Crippen LogP contribution is 2.35. The summed E-state index contributed by atoms with van der Waals surface area (Å²) in [5.74, 6) is 1.01. The Morgan fingerprint density at radius 2 is 1.87 bits per heavy atom. The monoisotopic (exact) mass is 349 g/mol.